The van der Waals surface area contributed by atoms with Gasteiger partial charge in [-0.15, -0.1) is 0 Å². The van der Waals surface area contributed by atoms with Crippen molar-refractivity contribution in [1.82, 2.24) is 0 Å². The van der Waals surface area contributed by atoms with Crippen LogP contribution in [0.1, 0.15) is 47.9 Å². The van der Waals surface area contributed by atoms with Crippen molar-refractivity contribution in [3.8, 4) is 0 Å². The van der Waals surface area contributed by atoms with Gasteiger partial charge in [0.15, 0.2) is 3.79 Å². The molecule has 2 bridgehead atoms. The van der Waals surface area contributed by atoms with Crippen LogP contribution < -0.4 is 0 Å². The summed E-state index contributed by atoms with van der Waals surface area (Å²) in [4.78, 5) is 0. The summed E-state index contributed by atoms with van der Waals surface area (Å²) in [5, 5.41) is 0. The minimum atomic E-state index is -1.39. The predicted molar refractivity (Wildman–Crippen MR) is 102 cm³/mol. The Morgan fingerprint density at radius 2 is 1.13 bits per heavy atom. The Balaban J connectivity index is 2.14. The lowest BCUT2D eigenvalue weighted by atomic mass is 9.48. The fourth-order valence-corrected chi connectivity index (χ4v) is 6.92. The Hall–Kier alpha value is -0.210. The van der Waals surface area contributed by atoms with Crippen molar-refractivity contribution in [3.63, 3.8) is 0 Å². The average Bonchev–Trinajstić information content (AvgIpc) is 2.49. The topological polar surface area (TPSA) is 0 Å². The van der Waals surface area contributed by atoms with Crippen LogP contribution >= 0.6 is 50.7 Å². The standard InChI is InChI=1S/C19H16BrCl3/c1-17(19(21,22)23)15-11-7-3-5-9-13(11)16(18(17,2)20)14-10-6-4-8-12(14)15/h3-10,15-16H,1-2H3/t15?,16?,17-,18+/m1/s1. The van der Waals surface area contributed by atoms with Gasteiger partial charge in [-0.25, -0.2) is 0 Å². The van der Waals surface area contributed by atoms with E-state index in [0.29, 0.717) is 0 Å². The van der Waals surface area contributed by atoms with Gasteiger partial charge >= 0.3 is 0 Å². The predicted octanol–water partition coefficient (Wildman–Crippen LogP) is 6.81. The van der Waals surface area contributed by atoms with E-state index in [-0.39, 0.29) is 16.2 Å². The minimum absolute atomic E-state index is 0.0387. The molecule has 2 aromatic carbocycles. The molecule has 0 N–H and O–H groups in total. The summed E-state index contributed by atoms with van der Waals surface area (Å²) in [6.07, 6.45) is 0. The quantitative estimate of drug-likeness (QED) is 0.403. The van der Waals surface area contributed by atoms with Crippen molar-refractivity contribution in [2.24, 2.45) is 5.41 Å². The van der Waals surface area contributed by atoms with Gasteiger partial charge in [0.1, 0.15) is 0 Å². The second kappa shape index (κ2) is 4.91. The van der Waals surface area contributed by atoms with Crippen molar-refractivity contribution < 1.29 is 0 Å². The Kier molecular flexibility index (Phi) is 3.47. The Morgan fingerprint density at radius 3 is 1.48 bits per heavy atom. The maximum Gasteiger partial charge on any atom is 0.198 e. The average molecular weight is 431 g/mol. The summed E-state index contributed by atoms with van der Waals surface area (Å²) in [5.74, 6) is 0.192. The highest BCUT2D eigenvalue weighted by atomic mass is 79.9. The molecule has 2 atom stereocenters. The highest BCUT2D eigenvalue weighted by Gasteiger charge is 2.69. The Bertz CT molecular complexity index is 746. The van der Waals surface area contributed by atoms with E-state index in [9.17, 15) is 0 Å². The fraction of sp³-hybridized carbons (Fsp3) is 0.368. The fourth-order valence-electron chi connectivity index (χ4n) is 4.64. The minimum Gasteiger partial charge on any atom is -0.0838 e. The maximum atomic E-state index is 6.57. The van der Waals surface area contributed by atoms with Crippen LogP contribution in [0.25, 0.3) is 0 Å². The molecule has 0 unspecified atom stereocenters. The summed E-state index contributed by atoms with van der Waals surface area (Å²) >= 11 is 23.7. The summed E-state index contributed by atoms with van der Waals surface area (Å²) < 4.78 is -1.76. The third kappa shape index (κ3) is 1.86. The summed E-state index contributed by atoms with van der Waals surface area (Å²) in [7, 11) is 0. The van der Waals surface area contributed by atoms with E-state index >= 15 is 0 Å². The van der Waals surface area contributed by atoms with E-state index in [1.165, 1.54) is 22.3 Å². The third-order valence-corrected chi connectivity index (χ3v) is 8.42. The number of hydrogen-bond acceptors (Lipinski definition) is 0. The largest absolute Gasteiger partial charge is 0.198 e. The van der Waals surface area contributed by atoms with Crippen LogP contribution in [0.2, 0.25) is 0 Å². The van der Waals surface area contributed by atoms with E-state index in [1.807, 2.05) is 0 Å². The van der Waals surface area contributed by atoms with Gasteiger partial charge in [0, 0.05) is 21.6 Å². The van der Waals surface area contributed by atoms with Crippen LogP contribution in [0.4, 0.5) is 0 Å². The number of halogens is 4. The zero-order chi connectivity index (χ0) is 16.6. The number of hydrogen-bond donors (Lipinski definition) is 0. The molecule has 0 spiro atoms. The van der Waals surface area contributed by atoms with Crippen molar-refractivity contribution in [2.45, 2.75) is 33.8 Å². The number of rotatable bonds is 0. The molecule has 0 fully saturated rings. The molecular weight excluding hydrogens is 414 g/mol. The summed E-state index contributed by atoms with van der Waals surface area (Å²) in [6, 6.07) is 17.1. The van der Waals surface area contributed by atoms with Crippen LogP contribution in [0.5, 0.6) is 0 Å². The smallest absolute Gasteiger partial charge is 0.0838 e. The molecule has 0 nitrogen and oxygen atoms in total. The lowest BCUT2D eigenvalue weighted by Gasteiger charge is -2.63. The monoisotopic (exact) mass is 428 g/mol. The van der Waals surface area contributed by atoms with Crippen molar-refractivity contribution >= 4 is 50.7 Å². The molecule has 0 saturated heterocycles. The molecule has 23 heavy (non-hydrogen) atoms. The van der Waals surface area contributed by atoms with Gasteiger partial charge in [0.25, 0.3) is 0 Å². The molecule has 0 aromatic heterocycles. The van der Waals surface area contributed by atoms with Gasteiger partial charge in [-0.2, -0.15) is 0 Å². The molecule has 0 radical (unpaired) electrons. The van der Waals surface area contributed by atoms with Crippen molar-refractivity contribution in [2.75, 3.05) is 0 Å². The van der Waals surface area contributed by atoms with E-state index in [1.54, 1.807) is 0 Å². The Morgan fingerprint density at radius 1 is 0.783 bits per heavy atom. The van der Waals surface area contributed by atoms with Crippen LogP contribution in [-0.2, 0) is 0 Å². The summed E-state index contributed by atoms with van der Waals surface area (Å²) in [6.45, 7) is 4.26. The molecule has 3 aliphatic carbocycles. The molecule has 0 amide bonds. The van der Waals surface area contributed by atoms with Crippen LogP contribution in [0, 0.1) is 5.41 Å². The normalized spacial score (nSPS) is 34.9. The van der Waals surface area contributed by atoms with Gasteiger partial charge in [-0.05, 0) is 29.2 Å². The van der Waals surface area contributed by atoms with E-state index in [2.05, 4.69) is 78.3 Å². The molecule has 0 heterocycles. The Labute approximate surface area is 160 Å². The highest BCUT2D eigenvalue weighted by molar-refractivity contribution is 9.10. The first kappa shape index (κ1) is 16.3. The van der Waals surface area contributed by atoms with E-state index in [4.69, 9.17) is 34.8 Å². The van der Waals surface area contributed by atoms with Crippen LogP contribution in [0.3, 0.4) is 0 Å². The number of alkyl halides is 4. The molecule has 3 aliphatic rings. The highest BCUT2D eigenvalue weighted by Crippen LogP contribution is 2.73. The second-order valence-electron chi connectivity index (χ2n) is 6.90. The SMILES string of the molecule is C[C@]1(Br)C2c3ccccc3C(c3ccccc32)[C@@]1(C)C(Cl)(Cl)Cl. The van der Waals surface area contributed by atoms with Gasteiger partial charge < -0.3 is 0 Å². The van der Waals surface area contributed by atoms with Crippen LogP contribution in [0.15, 0.2) is 48.5 Å². The van der Waals surface area contributed by atoms with Gasteiger partial charge in [0.05, 0.1) is 0 Å². The molecule has 0 saturated carbocycles. The molecule has 4 heteroatoms. The zero-order valence-electron chi connectivity index (χ0n) is 12.8. The number of fused-ring (bicyclic) bond motifs is 1. The summed E-state index contributed by atoms with van der Waals surface area (Å²) in [5.41, 5.74) is 4.66. The lowest BCUT2D eigenvalue weighted by molar-refractivity contribution is 0.160. The third-order valence-electron chi connectivity index (χ3n) is 5.96. The molecule has 2 aromatic rings. The lowest BCUT2D eigenvalue weighted by Crippen LogP contribution is -2.61. The first-order valence-electron chi connectivity index (χ1n) is 7.64. The van der Waals surface area contributed by atoms with Gasteiger partial charge in [-0.1, -0.05) is 106 Å². The molecule has 0 aliphatic heterocycles. The van der Waals surface area contributed by atoms with Crippen LogP contribution in [-0.4, -0.2) is 8.12 Å². The first-order valence-corrected chi connectivity index (χ1v) is 9.57. The molecule has 5 rings (SSSR count). The second-order valence-corrected chi connectivity index (χ2v) is 10.8. The molecule has 120 valence electrons. The van der Waals surface area contributed by atoms with Crippen molar-refractivity contribution in [3.05, 3.63) is 70.8 Å². The number of benzene rings is 2. The van der Waals surface area contributed by atoms with Gasteiger partial charge in [0.2, 0.25) is 0 Å². The maximum absolute atomic E-state index is 6.57. The molecular formula is C19H16BrCl3. The van der Waals surface area contributed by atoms with E-state index in [0.717, 1.165) is 0 Å². The first-order chi connectivity index (χ1) is 10.7. The van der Waals surface area contributed by atoms with Gasteiger partial charge in [-0.3, -0.25) is 0 Å². The van der Waals surface area contributed by atoms with Crippen molar-refractivity contribution in [1.29, 1.82) is 0 Å². The van der Waals surface area contributed by atoms with E-state index < -0.39 is 9.21 Å². The zero-order valence-corrected chi connectivity index (χ0v) is 16.6.